The SMILES string of the molecule is CCCCCCc1c(C)c2ccc(O)c(CN3CCCC4=CC5CC(CN6CCCCC56)C43)c2oc1=O. The van der Waals surface area contributed by atoms with Gasteiger partial charge in [0.2, 0.25) is 0 Å². The predicted octanol–water partition coefficient (Wildman–Crippen LogP) is 6.32. The molecule has 1 N–H and O–H groups in total. The highest BCUT2D eigenvalue weighted by atomic mass is 16.4. The molecule has 1 aromatic heterocycles. The van der Waals surface area contributed by atoms with Gasteiger partial charge in [0.25, 0.3) is 0 Å². The van der Waals surface area contributed by atoms with Crippen molar-refractivity contribution >= 4 is 11.0 Å². The lowest BCUT2D eigenvalue weighted by molar-refractivity contribution is -0.00274. The highest BCUT2D eigenvalue weighted by molar-refractivity contribution is 5.85. The molecule has 2 aromatic rings. The number of benzene rings is 1. The quantitative estimate of drug-likeness (QED) is 0.271. The van der Waals surface area contributed by atoms with Gasteiger partial charge >= 0.3 is 5.63 Å². The van der Waals surface area contributed by atoms with Crippen molar-refractivity contribution in [1.29, 1.82) is 0 Å². The fraction of sp³-hybridized carbons (Fsp3) is 0.656. The molecule has 0 saturated carbocycles. The molecule has 1 aromatic carbocycles. The summed E-state index contributed by atoms with van der Waals surface area (Å²) in [5.41, 5.74) is 4.60. The molecule has 200 valence electrons. The van der Waals surface area contributed by atoms with Crippen LogP contribution in [0.1, 0.15) is 87.8 Å². The zero-order chi connectivity index (χ0) is 25.5. The number of hydrogen-bond acceptors (Lipinski definition) is 5. The number of rotatable bonds is 7. The summed E-state index contributed by atoms with van der Waals surface area (Å²) >= 11 is 0. The topological polar surface area (TPSA) is 56.9 Å². The van der Waals surface area contributed by atoms with Gasteiger partial charge in [-0.25, -0.2) is 4.79 Å². The Bertz CT molecular complexity index is 1230. The van der Waals surface area contributed by atoms with Crippen molar-refractivity contribution in [1.82, 2.24) is 9.80 Å². The normalized spacial score (nSPS) is 28.1. The van der Waals surface area contributed by atoms with Gasteiger partial charge in [0.05, 0.1) is 5.56 Å². The molecular weight excluding hydrogens is 460 g/mol. The van der Waals surface area contributed by atoms with Crippen LogP contribution in [0.2, 0.25) is 0 Å². The van der Waals surface area contributed by atoms with Crippen molar-refractivity contribution < 1.29 is 9.52 Å². The Morgan fingerprint density at radius 2 is 1.97 bits per heavy atom. The van der Waals surface area contributed by atoms with Crippen LogP contribution in [0.25, 0.3) is 11.0 Å². The van der Waals surface area contributed by atoms with Crippen molar-refractivity contribution in [3.05, 3.63) is 50.9 Å². The van der Waals surface area contributed by atoms with Crippen molar-refractivity contribution in [2.45, 2.75) is 103 Å². The Labute approximate surface area is 221 Å². The summed E-state index contributed by atoms with van der Waals surface area (Å²) in [5.74, 6) is 1.61. The first-order chi connectivity index (χ1) is 18.0. The van der Waals surface area contributed by atoms with E-state index in [9.17, 15) is 9.90 Å². The van der Waals surface area contributed by atoms with Gasteiger partial charge in [-0.3, -0.25) is 9.80 Å². The Hall–Kier alpha value is -2.11. The first-order valence-corrected chi connectivity index (χ1v) is 15.0. The second-order valence-corrected chi connectivity index (χ2v) is 12.2. The van der Waals surface area contributed by atoms with Gasteiger partial charge < -0.3 is 9.52 Å². The van der Waals surface area contributed by atoms with Crippen LogP contribution in [0.4, 0.5) is 0 Å². The maximum atomic E-state index is 13.1. The van der Waals surface area contributed by atoms with E-state index < -0.39 is 0 Å². The third-order valence-electron chi connectivity index (χ3n) is 9.94. The van der Waals surface area contributed by atoms with Gasteiger partial charge in [-0.05, 0) is 94.5 Å². The van der Waals surface area contributed by atoms with E-state index in [-0.39, 0.29) is 11.4 Å². The summed E-state index contributed by atoms with van der Waals surface area (Å²) in [5, 5.41) is 12.0. The third-order valence-corrected chi connectivity index (χ3v) is 9.94. The largest absolute Gasteiger partial charge is 0.507 e. The molecule has 37 heavy (non-hydrogen) atoms. The van der Waals surface area contributed by atoms with E-state index in [1.54, 1.807) is 5.57 Å². The van der Waals surface area contributed by atoms with Crippen LogP contribution in [0.15, 0.2) is 33.0 Å². The number of fused-ring (bicyclic) bond motifs is 7. The molecule has 5 heteroatoms. The lowest BCUT2D eigenvalue weighted by Gasteiger charge is -2.54. The van der Waals surface area contributed by atoms with E-state index in [1.165, 1.54) is 58.0 Å². The van der Waals surface area contributed by atoms with E-state index >= 15 is 0 Å². The minimum atomic E-state index is -0.225. The van der Waals surface area contributed by atoms with Crippen LogP contribution in [-0.4, -0.2) is 46.6 Å². The molecule has 1 aliphatic carbocycles. The fourth-order valence-corrected chi connectivity index (χ4v) is 8.13. The highest BCUT2D eigenvalue weighted by Crippen LogP contribution is 2.46. The van der Waals surface area contributed by atoms with Gasteiger partial charge in [0.15, 0.2) is 0 Å². The summed E-state index contributed by atoms with van der Waals surface area (Å²) in [7, 11) is 0. The minimum absolute atomic E-state index is 0.225. The monoisotopic (exact) mass is 504 g/mol. The Morgan fingerprint density at radius 1 is 1.08 bits per heavy atom. The lowest BCUT2D eigenvalue weighted by atomic mass is 9.68. The summed E-state index contributed by atoms with van der Waals surface area (Å²) in [6.45, 7) is 8.37. The third kappa shape index (κ3) is 4.67. The molecule has 3 aliphatic heterocycles. The van der Waals surface area contributed by atoms with Crippen LogP contribution in [0, 0.1) is 18.8 Å². The van der Waals surface area contributed by atoms with Crippen LogP contribution < -0.4 is 5.63 Å². The molecule has 3 fully saturated rings. The molecule has 0 radical (unpaired) electrons. The minimum Gasteiger partial charge on any atom is -0.507 e. The van der Waals surface area contributed by atoms with Gasteiger partial charge in [-0.15, -0.1) is 0 Å². The molecule has 0 amide bonds. The van der Waals surface area contributed by atoms with Crippen molar-refractivity contribution in [2.24, 2.45) is 11.8 Å². The molecule has 4 atom stereocenters. The molecule has 5 nitrogen and oxygen atoms in total. The van der Waals surface area contributed by atoms with Gasteiger partial charge in [-0.2, -0.15) is 0 Å². The zero-order valence-electron chi connectivity index (χ0n) is 22.8. The van der Waals surface area contributed by atoms with Crippen LogP contribution in [0.5, 0.6) is 5.75 Å². The van der Waals surface area contributed by atoms with Crippen LogP contribution in [0.3, 0.4) is 0 Å². The van der Waals surface area contributed by atoms with Crippen LogP contribution in [-0.2, 0) is 13.0 Å². The van der Waals surface area contributed by atoms with Crippen LogP contribution >= 0.6 is 0 Å². The van der Waals surface area contributed by atoms with Crippen molar-refractivity contribution in [3.63, 3.8) is 0 Å². The highest BCUT2D eigenvalue weighted by Gasteiger charge is 2.46. The predicted molar refractivity (Wildman–Crippen MR) is 149 cm³/mol. The molecule has 3 saturated heterocycles. The Kier molecular flexibility index (Phi) is 7.19. The number of phenols is 1. The number of hydrogen-bond donors (Lipinski definition) is 1. The fourth-order valence-electron chi connectivity index (χ4n) is 8.13. The number of likely N-dealkylation sites (tertiary alicyclic amines) is 1. The maximum absolute atomic E-state index is 13.1. The summed E-state index contributed by atoms with van der Waals surface area (Å²) in [4.78, 5) is 18.5. The van der Waals surface area contributed by atoms with Crippen molar-refractivity contribution in [3.8, 4) is 5.75 Å². The number of phenolic OH excluding ortho intramolecular Hbond substituents is 1. The first kappa shape index (κ1) is 25.2. The standard InChI is InChI=1S/C32H44N2O3/c1-3-4-5-6-11-26-21(2)25-13-14-29(35)27(31(25)37-32(26)36)20-34-16-9-10-22-17-23-18-24(30(22)34)19-33-15-8-7-12-28(23)33/h13-14,17,23-24,28,30,35H,3-12,15-16,18-20H2,1-2H3. The molecule has 6 rings (SSSR count). The second kappa shape index (κ2) is 10.6. The number of aromatic hydroxyl groups is 1. The average Bonchev–Trinajstić information content (AvgIpc) is 2.90. The molecule has 4 aliphatic rings. The first-order valence-electron chi connectivity index (χ1n) is 15.0. The molecule has 4 unspecified atom stereocenters. The summed E-state index contributed by atoms with van der Waals surface area (Å²) in [6, 6.07) is 4.94. The molecule has 2 bridgehead atoms. The van der Waals surface area contributed by atoms with Crippen molar-refractivity contribution in [2.75, 3.05) is 19.6 Å². The Balaban J connectivity index is 1.30. The average molecular weight is 505 g/mol. The second-order valence-electron chi connectivity index (χ2n) is 12.2. The summed E-state index contributed by atoms with van der Waals surface area (Å²) < 4.78 is 6.01. The van der Waals surface area contributed by atoms with E-state index in [0.29, 0.717) is 30.0 Å². The molecular formula is C32H44N2O3. The number of unbranched alkanes of at least 4 members (excludes halogenated alkanes) is 3. The van der Waals surface area contributed by atoms with Gasteiger partial charge in [-0.1, -0.05) is 44.3 Å². The molecule has 4 heterocycles. The molecule has 0 spiro atoms. The number of aryl methyl sites for hydroxylation is 1. The number of piperidine rings is 3. The van der Waals surface area contributed by atoms with E-state index in [0.717, 1.165) is 60.3 Å². The van der Waals surface area contributed by atoms with Gasteiger partial charge in [0.1, 0.15) is 11.3 Å². The van der Waals surface area contributed by atoms with E-state index in [1.807, 2.05) is 12.1 Å². The van der Waals surface area contributed by atoms with E-state index in [4.69, 9.17) is 4.42 Å². The zero-order valence-corrected chi connectivity index (χ0v) is 22.8. The number of nitrogens with zero attached hydrogens (tertiary/aromatic N) is 2. The Morgan fingerprint density at radius 3 is 2.84 bits per heavy atom. The van der Waals surface area contributed by atoms with Gasteiger partial charge in [0, 0.05) is 36.1 Å². The maximum Gasteiger partial charge on any atom is 0.339 e. The lowest BCUT2D eigenvalue weighted by Crippen LogP contribution is -2.59. The van der Waals surface area contributed by atoms with E-state index in [2.05, 4.69) is 29.7 Å². The smallest absolute Gasteiger partial charge is 0.339 e. The summed E-state index contributed by atoms with van der Waals surface area (Å²) in [6.07, 6.45) is 15.7.